The third-order valence-electron chi connectivity index (χ3n) is 6.91. The van der Waals surface area contributed by atoms with Crippen molar-refractivity contribution >= 4 is 18.0 Å². The van der Waals surface area contributed by atoms with Gasteiger partial charge in [0.15, 0.2) is 0 Å². The Morgan fingerprint density at radius 1 is 1.09 bits per heavy atom. The van der Waals surface area contributed by atoms with Crippen LogP contribution in [0.1, 0.15) is 42.0 Å². The van der Waals surface area contributed by atoms with Gasteiger partial charge < -0.3 is 25.5 Å². The van der Waals surface area contributed by atoms with Gasteiger partial charge in [0.25, 0.3) is 0 Å². The summed E-state index contributed by atoms with van der Waals surface area (Å²) in [6, 6.07) is 15.0. The number of ether oxygens (including phenoxy) is 1. The highest BCUT2D eigenvalue weighted by molar-refractivity contribution is 5.92. The van der Waals surface area contributed by atoms with Crippen molar-refractivity contribution in [2.75, 3.05) is 6.61 Å². The molecule has 0 spiro atoms. The van der Waals surface area contributed by atoms with Crippen LogP contribution in [0.2, 0.25) is 0 Å². The quantitative estimate of drug-likeness (QED) is 0.397. The van der Waals surface area contributed by atoms with Gasteiger partial charge in [-0.3, -0.25) is 4.79 Å². The molecule has 1 heterocycles. The molecule has 0 radical (unpaired) electrons. The summed E-state index contributed by atoms with van der Waals surface area (Å²) in [6.07, 6.45) is 3.83. The molecule has 1 atom stereocenters. The lowest BCUT2D eigenvalue weighted by Gasteiger charge is -2.39. The van der Waals surface area contributed by atoms with Crippen LogP contribution in [0.25, 0.3) is 11.1 Å². The molecule has 2 amide bonds. The van der Waals surface area contributed by atoms with E-state index in [2.05, 4.69) is 32.7 Å². The first kappa shape index (κ1) is 22.6. The number of hydrogen-bond acceptors (Lipinski definition) is 5. The molecule has 1 saturated carbocycles. The number of carboxylic acid groups (broad SMARTS) is 1. The zero-order chi connectivity index (χ0) is 24.4. The summed E-state index contributed by atoms with van der Waals surface area (Å²) in [5.41, 5.74) is 3.75. The number of rotatable bonds is 8. The van der Waals surface area contributed by atoms with Gasteiger partial charge in [-0.2, -0.15) is 0 Å². The number of aliphatic carboxylic acids is 1. The van der Waals surface area contributed by atoms with E-state index in [1.54, 1.807) is 6.20 Å². The number of carbonyl (C=O) groups is 3. The molecule has 5 rings (SSSR count). The molecule has 0 aliphatic heterocycles. The molecule has 0 bridgehead atoms. The predicted molar refractivity (Wildman–Crippen MR) is 127 cm³/mol. The van der Waals surface area contributed by atoms with E-state index in [1.165, 1.54) is 6.33 Å². The molecule has 35 heavy (non-hydrogen) atoms. The topological polar surface area (TPSA) is 133 Å². The Bertz CT molecular complexity index is 1210. The lowest BCUT2D eigenvalue weighted by molar-refractivity contribution is -0.152. The Labute approximate surface area is 201 Å². The third-order valence-corrected chi connectivity index (χ3v) is 6.91. The van der Waals surface area contributed by atoms with Gasteiger partial charge in [0, 0.05) is 24.2 Å². The number of alkyl carbamates (subject to hydrolysis) is 1. The fourth-order valence-electron chi connectivity index (χ4n) is 4.85. The lowest BCUT2D eigenvalue weighted by Crippen LogP contribution is -2.63. The van der Waals surface area contributed by atoms with Crippen LogP contribution in [-0.2, 0) is 20.7 Å². The van der Waals surface area contributed by atoms with Crippen LogP contribution in [0.5, 0.6) is 0 Å². The molecule has 1 aromatic heterocycles. The first-order chi connectivity index (χ1) is 17.0. The summed E-state index contributed by atoms with van der Waals surface area (Å²) in [7, 11) is 0. The Kier molecular flexibility index (Phi) is 5.98. The molecule has 0 unspecified atom stereocenters. The average molecular weight is 475 g/mol. The number of nitrogens with zero attached hydrogens (tertiary/aromatic N) is 1. The van der Waals surface area contributed by atoms with Gasteiger partial charge >= 0.3 is 12.1 Å². The van der Waals surface area contributed by atoms with E-state index < -0.39 is 29.6 Å². The highest BCUT2D eigenvalue weighted by Crippen LogP contribution is 2.44. The van der Waals surface area contributed by atoms with Gasteiger partial charge in [-0.25, -0.2) is 14.6 Å². The summed E-state index contributed by atoms with van der Waals surface area (Å²) >= 11 is 0. The second-order valence-electron chi connectivity index (χ2n) is 9.03. The zero-order valence-corrected chi connectivity index (χ0v) is 19.0. The van der Waals surface area contributed by atoms with E-state index in [9.17, 15) is 19.5 Å². The van der Waals surface area contributed by atoms with Crippen LogP contribution >= 0.6 is 0 Å². The van der Waals surface area contributed by atoms with Gasteiger partial charge in [0.2, 0.25) is 5.91 Å². The molecule has 9 nitrogen and oxygen atoms in total. The zero-order valence-electron chi connectivity index (χ0n) is 19.0. The normalized spacial score (nSPS) is 16.3. The Morgan fingerprint density at radius 3 is 2.29 bits per heavy atom. The molecule has 1 fully saturated rings. The van der Waals surface area contributed by atoms with Gasteiger partial charge in [-0.15, -0.1) is 0 Å². The van der Waals surface area contributed by atoms with E-state index in [1.807, 2.05) is 36.4 Å². The summed E-state index contributed by atoms with van der Waals surface area (Å²) in [5, 5.41) is 14.8. The van der Waals surface area contributed by atoms with Crippen molar-refractivity contribution in [1.82, 2.24) is 20.6 Å². The minimum Gasteiger partial charge on any atom is -0.480 e. The minimum absolute atomic E-state index is 0.108. The fourth-order valence-corrected chi connectivity index (χ4v) is 4.85. The van der Waals surface area contributed by atoms with E-state index in [4.69, 9.17) is 4.74 Å². The van der Waals surface area contributed by atoms with E-state index in [0.29, 0.717) is 18.5 Å². The van der Waals surface area contributed by atoms with E-state index in [-0.39, 0.29) is 18.9 Å². The molecule has 3 aromatic rings. The van der Waals surface area contributed by atoms with Crippen LogP contribution in [0.3, 0.4) is 0 Å². The van der Waals surface area contributed by atoms with Crippen molar-refractivity contribution in [1.29, 1.82) is 0 Å². The summed E-state index contributed by atoms with van der Waals surface area (Å²) in [6.45, 7) is 0.108. The van der Waals surface area contributed by atoms with Gasteiger partial charge in [0.1, 0.15) is 18.2 Å². The maximum Gasteiger partial charge on any atom is 0.407 e. The number of imidazole rings is 1. The molecule has 2 aromatic carbocycles. The number of fused-ring (bicyclic) bond motifs is 3. The first-order valence-electron chi connectivity index (χ1n) is 11.6. The molecule has 2 aliphatic rings. The Morgan fingerprint density at radius 2 is 1.74 bits per heavy atom. The maximum atomic E-state index is 13.0. The van der Waals surface area contributed by atoms with Crippen molar-refractivity contribution in [3.05, 3.63) is 77.9 Å². The van der Waals surface area contributed by atoms with Gasteiger partial charge in [-0.1, -0.05) is 48.5 Å². The third kappa shape index (κ3) is 4.37. The molecule has 4 N–H and O–H groups in total. The summed E-state index contributed by atoms with van der Waals surface area (Å²) in [5.74, 6) is -1.76. The number of H-pyrrole nitrogens is 1. The number of benzene rings is 2. The number of aromatic amines is 1. The van der Waals surface area contributed by atoms with Crippen molar-refractivity contribution in [3.63, 3.8) is 0 Å². The smallest absolute Gasteiger partial charge is 0.407 e. The van der Waals surface area contributed by atoms with Crippen LogP contribution in [0.15, 0.2) is 61.1 Å². The fraction of sp³-hybridized carbons (Fsp3) is 0.308. The van der Waals surface area contributed by atoms with Gasteiger partial charge in [0.05, 0.1) is 6.33 Å². The van der Waals surface area contributed by atoms with Crippen LogP contribution < -0.4 is 10.6 Å². The van der Waals surface area contributed by atoms with Crippen molar-refractivity contribution in [2.24, 2.45) is 0 Å². The molecule has 9 heteroatoms. The van der Waals surface area contributed by atoms with Crippen LogP contribution in [0, 0.1) is 0 Å². The molecular weight excluding hydrogens is 448 g/mol. The largest absolute Gasteiger partial charge is 0.480 e. The molecule has 2 aliphatic carbocycles. The molecule has 0 saturated heterocycles. The number of carbonyl (C=O) groups excluding carboxylic acids is 2. The molecular formula is C26H26N4O5. The number of aromatic nitrogens is 2. The standard InChI is InChI=1S/C26H26N4O5/c31-23(30-26(24(32)33)10-5-11-26)22(12-16-13-27-15-28-16)29-25(34)35-14-21-19-8-3-1-6-17(19)18-7-2-4-9-20(18)21/h1-4,6-9,13,15,21-22H,5,10-12,14H2,(H,27,28)(H,29,34)(H,30,31)(H,32,33)/t22-/m1/s1. The van der Waals surface area contributed by atoms with E-state index in [0.717, 1.165) is 28.7 Å². The van der Waals surface area contributed by atoms with Crippen molar-refractivity contribution in [3.8, 4) is 11.1 Å². The molecule has 180 valence electrons. The monoisotopic (exact) mass is 474 g/mol. The van der Waals surface area contributed by atoms with Crippen molar-refractivity contribution < 1.29 is 24.2 Å². The lowest BCUT2D eigenvalue weighted by atomic mass is 9.76. The Hall–Kier alpha value is -4.14. The predicted octanol–water partition coefficient (Wildman–Crippen LogP) is 2.98. The summed E-state index contributed by atoms with van der Waals surface area (Å²) in [4.78, 5) is 44.4. The highest BCUT2D eigenvalue weighted by Gasteiger charge is 2.46. The van der Waals surface area contributed by atoms with Crippen LogP contribution in [-0.4, -0.2) is 51.2 Å². The van der Waals surface area contributed by atoms with E-state index >= 15 is 0 Å². The summed E-state index contributed by atoms with van der Waals surface area (Å²) < 4.78 is 5.59. The first-order valence-corrected chi connectivity index (χ1v) is 11.6. The van der Waals surface area contributed by atoms with Crippen molar-refractivity contribution in [2.45, 2.75) is 43.2 Å². The second kappa shape index (κ2) is 9.25. The highest BCUT2D eigenvalue weighted by atomic mass is 16.5. The number of nitrogens with one attached hydrogen (secondary N) is 3. The second-order valence-corrected chi connectivity index (χ2v) is 9.03. The number of carboxylic acids is 1. The minimum atomic E-state index is -1.29. The average Bonchev–Trinajstić information content (AvgIpc) is 3.45. The number of hydrogen-bond donors (Lipinski definition) is 4. The SMILES string of the molecule is O=C(N[C@H](Cc1cnc[nH]1)C(=O)NC1(C(=O)O)CCC1)OCC1c2ccccc2-c2ccccc21. The van der Waals surface area contributed by atoms with Crippen LogP contribution in [0.4, 0.5) is 4.79 Å². The van der Waals surface area contributed by atoms with Gasteiger partial charge in [-0.05, 0) is 41.5 Å². The Balaban J connectivity index is 1.28. The maximum absolute atomic E-state index is 13.0. The number of amides is 2.